The summed E-state index contributed by atoms with van der Waals surface area (Å²) < 4.78 is 0. The minimum absolute atomic E-state index is 0.0780. The third-order valence-corrected chi connectivity index (χ3v) is 4.02. The number of carboxylic acid groups (broad SMARTS) is 1. The summed E-state index contributed by atoms with van der Waals surface area (Å²) in [5.41, 5.74) is 0.524. The van der Waals surface area contributed by atoms with Crippen LogP contribution < -0.4 is 5.32 Å². The first kappa shape index (κ1) is 15.9. The van der Waals surface area contributed by atoms with Gasteiger partial charge in [0, 0.05) is 17.8 Å². The van der Waals surface area contributed by atoms with Gasteiger partial charge in [-0.25, -0.2) is 0 Å². The van der Waals surface area contributed by atoms with Crippen molar-refractivity contribution in [1.29, 1.82) is 0 Å². The molecule has 0 saturated heterocycles. The number of nitrogens with zero attached hydrogens (tertiary/aromatic N) is 1. The van der Waals surface area contributed by atoms with Gasteiger partial charge < -0.3 is 10.4 Å². The smallest absolute Gasteiger partial charge is 0.306 e. The third-order valence-electron chi connectivity index (χ3n) is 4.02. The summed E-state index contributed by atoms with van der Waals surface area (Å²) >= 11 is 0. The van der Waals surface area contributed by atoms with Crippen LogP contribution in [0.3, 0.4) is 0 Å². The highest BCUT2D eigenvalue weighted by Crippen LogP contribution is 2.29. The summed E-state index contributed by atoms with van der Waals surface area (Å²) in [6.45, 7) is 1.30. The second-order valence-electron chi connectivity index (χ2n) is 5.58. The SMILES string of the molecule is CC(=O)c1cc(NC2CCC(C(=O)O)CC2)ccc1[N+](=O)[O-]. The maximum atomic E-state index is 11.5. The number of carbonyl (C=O) groups is 2. The Morgan fingerprint density at radius 2 is 1.91 bits per heavy atom. The standard InChI is InChI=1S/C15H18N2O5/c1-9(18)13-8-12(6-7-14(13)17(21)22)16-11-4-2-10(3-5-11)15(19)20/h6-8,10-11,16H,2-5H2,1H3,(H,19,20). The fraction of sp³-hybridized carbons (Fsp3) is 0.467. The molecule has 0 aromatic heterocycles. The van der Waals surface area contributed by atoms with Gasteiger partial charge in [0.05, 0.1) is 16.4 Å². The summed E-state index contributed by atoms with van der Waals surface area (Å²) in [5, 5.41) is 23.1. The molecule has 0 amide bonds. The highest BCUT2D eigenvalue weighted by atomic mass is 16.6. The fourth-order valence-corrected chi connectivity index (χ4v) is 2.79. The van der Waals surface area contributed by atoms with Gasteiger partial charge in [0.1, 0.15) is 0 Å². The van der Waals surface area contributed by atoms with Crippen LogP contribution in [-0.2, 0) is 4.79 Å². The Kier molecular flexibility index (Phi) is 4.75. The second-order valence-corrected chi connectivity index (χ2v) is 5.58. The Balaban J connectivity index is 2.08. The van der Waals surface area contributed by atoms with Gasteiger partial charge in [-0.2, -0.15) is 0 Å². The molecule has 0 atom stereocenters. The second kappa shape index (κ2) is 6.55. The van der Waals surface area contributed by atoms with Crippen molar-refractivity contribution in [2.24, 2.45) is 5.92 Å². The van der Waals surface area contributed by atoms with Gasteiger partial charge in [-0.05, 0) is 44.7 Å². The van der Waals surface area contributed by atoms with E-state index in [-0.39, 0.29) is 29.0 Å². The lowest BCUT2D eigenvalue weighted by molar-refractivity contribution is -0.385. The number of carboxylic acids is 1. The van der Waals surface area contributed by atoms with Crippen LogP contribution in [0.25, 0.3) is 0 Å². The zero-order valence-electron chi connectivity index (χ0n) is 12.2. The van der Waals surface area contributed by atoms with E-state index >= 15 is 0 Å². The molecule has 0 spiro atoms. The summed E-state index contributed by atoms with van der Waals surface area (Å²) in [4.78, 5) is 32.8. The first-order chi connectivity index (χ1) is 10.4. The monoisotopic (exact) mass is 306 g/mol. The number of nitro benzene ring substituents is 1. The van der Waals surface area contributed by atoms with E-state index in [1.165, 1.54) is 19.1 Å². The molecule has 7 nitrogen and oxygen atoms in total. The molecule has 1 aromatic rings. The maximum Gasteiger partial charge on any atom is 0.306 e. The molecule has 118 valence electrons. The molecule has 1 aliphatic carbocycles. The predicted molar refractivity (Wildman–Crippen MR) is 80.1 cm³/mol. The minimum atomic E-state index is -0.757. The van der Waals surface area contributed by atoms with Gasteiger partial charge in [0.25, 0.3) is 5.69 Å². The van der Waals surface area contributed by atoms with Crippen LogP contribution in [0.15, 0.2) is 18.2 Å². The van der Waals surface area contributed by atoms with Crippen molar-refractivity contribution in [2.45, 2.75) is 38.6 Å². The highest BCUT2D eigenvalue weighted by molar-refractivity contribution is 5.99. The van der Waals surface area contributed by atoms with Crippen LogP contribution in [0, 0.1) is 16.0 Å². The molecule has 0 radical (unpaired) electrons. The number of benzene rings is 1. The van der Waals surface area contributed by atoms with Crippen molar-refractivity contribution >= 4 is 23.1 Å². The number of nitrogens with one attached hydrogen (secondary N) is 1. The molecule has 0 bridgehead atoms. The lowest BCUT2D eigenvalue weighted by Crippen LogP contribution is -2.29. The number of nitro groups is 1. The Hall–Kier alpha value is -2.44. The van der Waals surface area contributed by atoms with E-state index in [2.05, 4.69) is 5.32 Å². The molecule has 7 heteroatoms. The lowest BCUT2D eigenvalue weighted by Gasteiger charge is -2.27. The number of hydrogen-bond acceptors (Lipinski definition) is 5. The van der Waals surface area contributed by atoms with Crippen LogP contribution in [0.5, 0.6) is 0 Å². The van der Waals surface area contributed by atoms with Gasteiger partial charge in [0.15, 0.2) is 5.78 Å². The van der Waals surface area contributed by atoms with Crippen molar-refractivity contribution < 1.29 is 19.6 Å². The molecule has 2 rings (SSSR count). The first-order valence-electron chi connectivity index (χ1n) is 7.17. The Bertz CT molecular complexity index is 606. The third kappa shape index (κ3) is 3.60. The van der Waals surface area contributed by atoms with E-state index in [1.54, 1.807) is 6.07 Å². The van der Waals surface area contributed by atoms with Crippen LogP contribution in [0.2, 0.25) is 0 Å². The van der Waals surface area contributed by atoms with Crippen LogP contribution >= 0.6 is 0 Å². The Morgan fingerprint density at radius 1 is 1.27 bits per heavy atom. The lowest BCUT2D eigenvalue weighted by atomic mass is 9.86. The van der Waals surface area contributed by atoms with Crippen LogP contribution in [0.4, 0.5) is 11.4 Å². The van der Waals surface area contributed by atoms with Gasteiger partial charge in [-0.1, -0.05) is 0 Å². The Morgan fingerprint density at radius 3 is 2.41 bits per heavy atom. The zero-order chi connectivity index (χ0) is 16.3. The van der Waals surface area contributed by atoms with E-state index in [4.69, 9.17) is 5.11 Å². The van der Waals surface area contributed by atoms with E-state index in [0.717, 1.165) is 12.8 Å². The number of ketones is 1. The molecule has 1 fully saturated rings. The maximum absolute atomic E-state index is 11.5. The number of hydrogen-bond donors (Lipinski definition) is 2. The molecule has 0 heterocycles. The van der Waals surface area contributed by atoms with E-state index < -0.39 is 10.9 Å². The average Bonchev–Trinajstić information content (AvgIpc) is 2.47. The summed E-state index contributed by atoms with van der Waals surface area (Å²) in [5.74, 6) is -1.40. The normalized spacial score (nSPS) is 21.1. The molecular formula is C15H18N2O5. The van der Waals surface area contributed by atoms with Gasteiger partial charge in [-0.15, -0.1) is 0 Å². The number of Topliss-reactive ketones (excluding diaryl/α,β-unsaturated/α-hetero) is 1. The molecule has 22 heavy (non-hydrogen) atoms. The van der Waals surface area contributed by atoms with E-state index in [0.29, 0.717) is 18.5 Å². The first-order valence-corrected chi connectivity index (χ1v) is 7.17. The molecule has 2 N–H and O–H groups in total. The highest BCUT2D eigenvalue weighted by Gasteiger charge is 2.26. The molecule has 0 aliphatic heterocycles. The van der Waals surface area contributed by atoms with Crippen LogP contribution in [0.1, 0.15) is 43.0 Å². The number of anilines is 1. The molecule has 1 aromatic carbocycles. The van der Waals surface area contributed by atoms with Crippen molar-refractivity contribution in [3.63, 3.8) is 0 Å². The average molecular weight is 306 g/mol. The number of rotatable bonds is 5. The Labute approximate surface area is 127 Å². The van der Waals surface area contributed by atoms with E-state index in [1.807, 2.05) is 0 Å². The minimum Gasteiger partial charge on any atom is -0.481 e. The van der Waals surface area contributed by atoms with Crippen molar-refractivity contribution in [3.05, 3.63) is 33.9 Å². The van der Waals surface area contributed by atoms with E-state index in [9.17, 15) is 19.7 Å². The summed E-state index contributed by atoms with van der Waals surface area (Å²) in [7, 11) is 0. The zero-order valence-corrected chi connectivity index (χ0v) is 12.2. The number of aliphatic carboxylic acids is 1. The topological polar surface area (TPSA) is 110 Å². The van der Waals surface area contributed by atoms with Crippen LogP contribution in [-0.4, -0.2) is 27.8 Å². The van der Waals surface area contributed by atoms with Crippen molar-refractivity contribution in [3.8, 4) is 0 Å². The van der Waals surface area contributed by atoms with Gasteiger partial charge >= 0.3 is 5.97 Å². The van der Waals surface area contributed by atoms with Gasteiger partial charge in [0.2, 0.25) is 0 Å². The molecular weight excluding hydrogens is 288 g/mol. The molecule has 1 aliphatic rings. The van der Waals surface area contributed by atoms with Gasteiger partial charge in [-0.3, -0.25) is 19.7 Å². The summed E-state index contributed by atoms with van der Waals surface area (Å²) in [6, 6.07) is 4.51. The number of carbonyl (C=O) groups excluding carboxylic acids is 1. The largest absolute Gasteiger partial charge is 0.481 e. The fourth-order valence-electron chi connectivity index (χ4n) is 2.79. The van der Waals surface area contributed by atoms with Crippen molar-refractivity contribution in [2.75, 3.05) is 5.32 Å². The van der Waals surface area contributed by atoms with Crippen molar-refractivity contribution in [1.82, 2.24) is 0 Å². The summed E-state index contributed by atoms with van der Waals surface area (Å²) in [6.07, 6.45) is 2.67. The predicted octanol–water partition coefficient (Wildman–Crippen LogP) is 2.85. The molecule has 1 saturated carbocycles. The quantitative estimate of drug-likeness (QED) is 0.492. The molecule has 0 unspecified atom stereocenters.